The molecule has 6 heteroatoms. The quantitative estimate of drug-likeness (QED) is 0.172. The summed E-state index contributed by atoms with van der Waals surface area (Å²) in [5, 5.41) is 0. The van der Waals surface area contributed by atoms with Gasteiger partial charge in [0.1, 0.15) is 24.4 Å². The second-order valence-electron chi connectivity index (χ2n) is 11.2. The molecule has 1 spiro atoms. The summed E-state index contributed by atoms with van der Waals surface area (Å²) in [7, 11) is 0. The highest BCUT2D eigenvalue weighted by Gasteiger charge is 2.59. The van der Waals surface area contributed by atoms with E-state index in [2.05, 4.69) is 48.5 Å². The lowest BCUT2D eigenvalue weighted by molar-refractivity contribution is -0.371. The van der Waals surface area contributed by atoms with Crippen LogP contribution in [0.5, 0.6) is 0 Å². The fourth-order valence-electron chi connectivity index (χ4n) is 5.87. The van der Waals surface area contributed by atoms with Crippen LogP contribution in [-0.4, -0.2) is 43.4 Å². The average Bonchev–Trinajstić information content (AvgIpc) is 3.53. The lowest BCUT2D eigenvalue weighted by Gasteiger charge is -2.50. The highest BCUT2D eigenvalue weighted by Crippen LogP contribution is 2.43. The number of hydrogen-bond acceptors (Lipinski definition) is 6. The summed E-state index contributed by atoms with van der Waals surface area (Å²) >= 11 is 0. The first-order valence-corrected chi connectivity index (χ1v) is 15.2. The number of hydrogen-bond donors (Lipinski definition) is 0. The third-order valence-electron chi connectivity index (χ3n) is 8.03. The molecule has 0 aliphatic carbocycles. The molecule has 0 amide bonds. The minimum absolute atomic E-state index is 0.329. The van der Waals surface area contributed by atoms with Crippen molar-refractivity contribution in [2.24, 2.45) is 0 Å². The van der Waals surface area contributed by atoms with Crippen molar-refractivity contribution in [2.45, 2.75) is 69.5 Å². The molecule has 2 saturated heterocycles. The summed E-state index contributed by atoms with van der Waals surface area (Å²) < 4.78 is 39.8. The molecular formula is C37H40O6. The van der Waals surface area contributed by atoms with Gasteiger partial charge < -0.3 is 28.4 Å². The first-order valence-electron chi connectivity index (χ1n) is 15.2. The fourth-order valence-corrected chi connectivity index (χ4v) is 5.87. The second kappa shape index (κ2) is 14.9. The van der Waals surface area contributed by atoms with Crippen LogP contribution in [0.3, 0.4) is 0 Å². The lowest BCUT2D eigenvalue weighted by atomic mass is 9.90. The first-order chi connectivity index (χ1) is 21.3. The van der Waals surface area contributed by atoms with E-state index in [9.17, 15) is 0 Å². The zero-order chi connectivity index (χ0) is 29.2. The molecule has 2 aliphatic heterocycles. The molecule has 0 aromatic heterocycles. The van der Waals surface area contributed by atoms with E-state index in [0.29, 0.717) is 46.1 Å². The molecule has 0 unspecified atom stereocenters. The smallest absolute Gasteiger partial charge is 0.197 e. The van der Waals surface area contributed by atoms with Crippen molar-refractivity contribution in [1.29, 1.82) is 0 Å². The topological polar surface area (TPSA) is 55.4 Å². The predicted octanol–water partition coefficient (Wildman–Crippen LogP) is 6.86. The van der Waals surface area contributed by atoms with Crippen molar-refractivity contribution in [3.63, 3.8) is 0 Å². The van der Waals surface area contributed by atoms with Crippen molar-refractivity contribution in [2.75, 3.05) is 13.2 Å². The van der Waals surface area contributed by atoms with Crippen molar-refractivity contribution < 1.29 is 28.4 Å². The van der Waals surface area contributed by atoms with Gasteiger partial charge in [-0.05, 0) is 28.7 Å². The molecule has 2 heterocycles. The van der Waals surface area contributed by atoms with Crippen LogP contribution in [-0.2, 0) is 54.8 Å². The summed E-state index contributed by atoms with van der Waals surface area (Å²) in [6, 6.07) is 40.7. The SMILES string of the molecule is c1ccc(COC[C@H]2O[C@]3(CCCO3)[C@H](OCc3ccccc3)[C@@H](OCc3ccccc3)[C@@H]2OCc2ccccc2)cc1. The van der Waals surface area contributed by atoms with Crippen LogP contribution in [0.2, 0.25) is 0 Å². The molecule has 43 heavy (non-hydrogen) atoms. The van der Waals surface area contributed by atoms with E-state index in [0.717, 1.165) is 28.7 Å². The molecule has 0 saturated carbocycles. The predicted molar refractivity (Wildman–Crippen MR) is 164 cm³/mol. The van der Waals surface area contributed by atoms with Crippen molar-refractivity contribution in [1.82, 2.24) is 0 Å². The van der Waals surface area contributed by atoms with Crippen LogP contribution >= 0.6 is 0 Å². The zero-order valence-corrected chi connectivity index (χ0v) is 24.5. The molecule has 224 valence electrons. The van der Waals surface area contributed by atoms with E-state index in [4.69, 9.17) is 28.4 Å². The van der Waals surface area contributed by atoms with Crippen molar-refractivity contribution in [3.05, 3.63) is 144 Å². The molecule has 2 aliphatic rings. The van der Waals surface area contributed by atoms with Crippen LogP contribution in [0.15, 0.2) is 121 Å². The van der Waals surface area contributed by atoms with Gasteiger partial charge in [-0.2, -0.15) is 0 Å². The lowest BCUT2D eigenvalue weighted by Crippen LogP contribution is -2.67. The maximum absolute atomic E-state index is 6.88. The van der Waals surface area contributed by atoms with Gasteiger partial charge in [0.2, 0.25) is 0 Å². The molecule has 0 bridgehead atoms. The fraction of sp³-hybridized carbons (Fsp3) is 0.351. The number of benzene rings is 4. The minimum Gasteiger partial charge on any atom is -0.374 e. The molecule has 6 nitrogen and oxygen atoms in total. The summed E-state index contributed by atoms with van der Waals surface area (Å²) in [6.45, 7) is 2.64. The van der Waals surface area contributed by atoms with Gasteiger partial charge in [0.15, 0.2) is 5.79 Å². The van der Waals surface area contributed by atoms with E-state index >= 15 is 0 Å². The molecule has 0 radical (unpaired) electrons. The Bertz CT molecular complexity index is 1350. The highest BCUT2D eigenvalue weighted by atomic mass is 16.7. The Balaban J connectivity index is 1.29. The summed E-state index contributed by atoms with van der Waals surface area (Å²) in [4.78, 5) is 0. The minimum atomic E-state index is -0.955. The van der Waals surface area contributed by atoms with Gasteiger partial charge in [0, 0.05) is 6.42 Å². The standard InChI is InChI=1S/C37H40O6/c1-5-14-29(15-6-1)24-38-28-33-34(39-25-30-16-7-2-8-17-30)35(40-26-31-18-9-3-10-19-31)36(37(43-33)22-13-23-42-37)41-27-32-20-11-4-12-21-32/h1-12,14-21,33-36H,13,22-28H2/t33-,34-,35+,36-,37-/m1/s1. The largest absolute Gasteiger partial charge is 0.374 e. The van der Waals surface area contributed by atoms with Gasteiger partial charge in [-0.3, -0.25) is 0 Å². The van der Waals surface area contributed by atoms with Crippen LogP contribution < -0.4 is 0 Å². The van der Waals surface area contributed by atoms with Crippen molar-refractivity contribution >= 4 is 0 Å². The third kappa shape index (κ3) is 7.78. The van der Waals surface area contributed by atoms with Crippen LogP contribution in [0.25, 0.3) is 0 Å². The van der Waals surface area contributed by atoms with Crippen LogP contribution in [0.4, 0.5) is 0 Å². The Hall–Kier alpha value is -3.36. The van der Waals surface area contributed by atoms with Gasteiger partial charge in [0.05, 0.1) is 39.6 Å². The van der Waals surface area contributed by atoms with E-state index < -0.39 is 30.2 Å². The van der Waals surface area contributed by atoms with Gasteiger partial charge in [-0.15, -0.1) is 0 Å². The van der Waals surface area contributed by atoms with Gasteiger partial charge in [-0.1, -0.05) is 121 Å². The Labute approximate surface area is 254 Å². The van der Waals surface area contributed by atoms with E-state index in [1.165, 1.54) is 0 Å². The highest BCUT2D eigenvalue weighted by molar-refractivity contribution is 5.17. The average molecular weight is 581 g/mol. The Morgan fingerprint density at radius 2 is 1.02 bits per heavy atom. The Morgan fingerprint density at radius 1 is 0.558 bits per heavy atom. The summed E-state index contributed by atoms with van der Waals surface area (Å²) in [5.41, 5.74) is 4.34. The molecule has 4 aromatic carbocycles. The molecule has 4 aromatic rings. The Kier molecular flexibility index (Phi) is 10.3. The van der Waals surface area contributed by atoms with Gasteiger partial charge in [-0.25, -0.2) is 0 Å². The molecular weight excluding hydrogens is 540 g/mol. The summed E-state index contributed by atoms with van der Waals surface area (Å²) in [6.07, 6.45) is -0.282. The molecule has 6 rings (SSSR count). The van der Waals surface area contributed by atoms with Crippen molar-refractivity contribution in [3.8, 4) is 0 Å². The molecule has 2 fully saturated rings. The van der Waals surface area contributed by atoms with E-state index in [1.54, 1.807) is 0 Å². The van der Waals surface area contributed by atoms with Crippen LogP contribution in [0, 0.1) is 0 Å². The maximum Gasteiger partial charge on any atom is 0.197 e. The summed E-state index contributed by atoms with van der Waals surface area (Å²) in [5.74, 6) is -0.955. The maximum atomic E-state index is 6.88. The third-order valence-corrected chi connectivity index (χ3v) is 8.03. The Morgan fingerprint density at radius 3 is 1.51 bits per heavy atom. The molecule has 5 atom stereocenters. The van der Waals surface area contributed by atoms with Gasteiger partial charge >= 0.3 is 0 Å². The number of ether oxygens (including phenoxy) is 6. The molecule has 0 N–H and O–H groups in total. The normalized spacial score (nSPS) is 25.2. The first kappa shape index (κ1) is 29.7. The number of rotatable bonds is 13. The van der Waals surface area contributed by atoms with E-state index in [-0.39, 0.29) is 0 Å². The van der Waals surface area contributed by atoms with Crippen LogP contribution in [0.1, 0.15) is 35.1 Å². The monoisotopic (exact) mass is 580 g/mol. The van der Waals surface area contributed by atoms with E-state index in [1.807, 2.05) is 72.8 Å². The zero-order valence-electron chi connectivity index (χ0n) is 24.5. The van der Waals surface area contributed by atoms with Gasteiger partial charge in [0.25, 0.3) is 0 Å². The second-order valence-corrected chi connectivity index (χ2v) is 11.2.